The quantitative estimate of drug-likeness (QED) is 0.837. The standard InChI is InChI=1S/C7H11N3O.C2HF3O2/c1-5-9-6(11-10-5)7(8-2)3-4-7;3-2(4,5)1(6)7/h8H,3-4H2,1-2H3;(H,6,7). The number of hydrogen-bond donors (Lipinski definition) is 2. The second-order valence-corrected chi connectivity index (χ2v) is 3.78. The third-order valence-electron chi connectivity index (χ3n) is 2.41. The molecule has 1 aromatic rings. The first kappa shape index (κ1) is 14.4. The number of aliphatic carboxylic acids is 1. The monoisotopic (exact) mass is 267 g/mol. The zero-order chi connectivity index (χ0) is 14.0. The molecule has 0 atom stereocenters. The molecule has 1 aliphatic rings. The lowest BCUT2D eigenvalue weighted by Crippen LogP contribution is -2.24. The van der Waals surface area contributed by atoms with Crippen LogP contribution in [0.25, 0.3) is 0 Å². The van der Waals surface area contributed by atoms with Crippen LogP contribution in [0.4, 0.5) is 13.2 Å². The number of carboxylic acid groups (broad SMARTS) is 1. The predicted octanol–water partition coefficient (Wildman–Crippen LogP) is 1.22. The van der Waals surface area contributed by atoms with Crippen molar-refractivity contribution in [2.24, 2.45) is 0 Å². The number of aromatic nitrogens is 2. The molecule has 1 heterocycles. The van der Waals surface area contributed by atoms with Gasteiger partial charge in [-0.15, -0.1) is 0 Å². The molecule has 1 saturated carbocycles. The number of rotatable bonds is 2. The van der Waals surface area contributed by atoms with E-state index in [1.54, 1.807) is 0 Å². The number of aryl methyl sites for hydroxylation is 1. The van der Waals surface area contributed by atoms with E-state index in [0.717, 1.165) is 18.7 Å². The van der Waals surface area contributed by atoms with Crippen LogP contribution >= 0.6 is 0 Å². The van der Waals surface area contributed by atoms with Gasteiger partial charge in [0.05, 0.1) is 5.54 Å². The van der Waals surface area contributed by atoms with E-state index in [0.29, 0.717) is 5.82 Å². The van der Waals surface area contributed by atoms with E-state index in [4.69, 9.17) is 14.4 Å². The minimum Gasteiger partial charge on any atom is -0.475 e. The van der Waals surface area contributed by atoms with E-state index in [-0.39, 0.29) is 5.54 Å². The van der Waals surface area contributed by atoms with Gasteiger partial charge in [0.1, 0.15) is 0 Å². The fourth-order valence-electron chi connectivity index (χ4n) is 1.19. The van der Waals surface area contributed by atoms with Gasteiger partial charge in [-0.1, -0.05) is 5.16 Å². The highest BCUT2D eigenvalue weighted by molar-refractivity contribution is 5.73. The summed E-state index contributed by atoms with van der Waals surface area (Å²) in [6.45, 7) is 1.83. The Balaban J connectivity index is 0.000000203. The molecular weight excluding hydrogens is 255 g/mol. The van der Waals surface area contributed by atoms with E-state index in [1.165, 1.54) is 0 Å². The molecule has 9 heteroatoms. The first-order chi connectivity index (χ1) is 8.21. The Morgan fingerprint density at radius 3 is 2.22 bits per heavy atom. The summed E-state index contributed by atoms with van der Waals surface area (Å²) in [5.41, 5.74) is 0.0151. The van der Waals surface area contributed by atoms with Crippen molar-refractivity contribution >= 4 is 5.97 Å². The second kappa shape index (κ2) is 4.92. The summed E-state index contributed by atoms with van der Waals surface area (Å²) >= 11 is 0. The molecule has 0 aliphatic heterocycles. The van der Waals surface area contributed by atoms with Crippen LogP contribution in [0.15, 0.2) is 4.52 Å². The van der Waals surface area contributed by atoms with Crippen LogP contribution < -0.4 is 5.32 Å². The maximum absolute atomic E-state index is 10.6. The molecule has 0 spiro atoms. The normalized spacial score (nSPS) is 16.7. The van der Waals surface area contributed by atoms with Crippen LogP contribution in [0.5, 0.6) is 0 Å². The van der Waals surface area contributed by atoms with Gasteiger partial charge in [0.25, 0.3) is 0 Å². The Labute approximate surface area is 100 Å². The molecule has 0 bridgehead atoms. The summed E-state index contributed by atoms with van der Waals surface area (Å²) in [4.78, 5) is 13.1. The van der Waals surface area contributed by atoms with Crippen molar-refractivity contribution in [1.82, 2.24) is 15.5 Å². The van der Waals surface area contributed by atoms with Gasteiger partial charge in [0.2, 0.25) is 5.89 Å². The lowest BCUT2D eigenvalue weighted by atomic mass is 10.3. The fraction of sp³-hybridized carbons (Fsp3) is 0.667. The highest BCUT2D eigenvalue weighted by Crippen LogP contribution is 2.43. The number of carbonyl (C=O) groups is 1. The fourth-order valence-corrected chi connectivity index (χ4v) is 1.19. The van der Waals surface area contributed by atoms with Crippen molar-refractivity contribution in [3.8, 4) is 0 Å². The SMILES string of the molecule is CNC1(c2nc(C)no2)CC1.O=C(O)C(F)(F)F. The first-order valence-electron chi connectivity index (χ1n) is 5.01. The summed E-state index contributed by atoms with van der Waals surface area (Å²) in [5.74, 6) is -1.31. The summed E-state index contributed by atoms with van der Waals surface area (Å²) in [6, 6.07) is 0. The molecule has 0 unspecified atom stereocenters. The van der Waals surface area contributed by atoms with Crippen LogP contribution in [-0.2, 0) is 10.3 Å². The number of alkyl halides is 3. The van der Waals surface area contributed by atoms with Crippen molar-refractivity contribution in [3.05, 3.63) is 11.7 Å². The van der Waals surface area contributed by atoms with Gasteiger partial charge in [0, 0.05) is 0 Å². The third-order valence-corrected chi connectivity index (χ3v) is 2.41. The lowest BCUT2D eigenvalue weighted by Gasteiger charge is -2.05. The van der Waals surface area contributed by atoms with Gasteiger partial charge >= 0.3 is 12.1 Å². The molecule has 2 rings (SSSR count). The van der Waals surface area contributed by atoms with Gasteiger partial charge in [0.15, 0.2) is 5.82 Å². The first-order valence-corrected chi connectivity index (χ1v) is 5.01. The van der Waals surface area contributed by atoms with Crippen molar-refractivity contribution in [2.45, 2.75) is 31.5 Å². The minimum atomic E-state index is -5.08. The summed E-state index contributed by atoms with van der Waals surface area (Å²) in [5, 5.41) is 14.1. The third kappa shape index (κ3) is 3.42. The highest BCUT2D eigenvalue weighted by Gasteiger charge is 2.48. The Bertz CT molecular complexity index is 426. The maximum atomic E-state index is 10.6. The molecule has 1 aliphatic carbocycles. The van der Waals surface area contributed by atoms with E-state index in [9.17, 15) is 13.2 Å². The maximum Gasteiger partial charge on any atom is 0.490 e. The molecule has 0 saturated heterocycles. The molecule has 0 amide bonds. The van der Waals surface area contributed by atoms with Crippen LogP contribution in [-0.4, -0.2) is 34.4 Å². The Morgan fingerprint density at radius 2 is 2.00 bits per heavy atom. The van der Waals surface area contributed by atoms with Crippen molar-refractivity contribution in [3.63, 3.8) is 0 Å². The van der Waals surface area contributed by atoms with Crippen LogP contribution in [0, 0.1) is 6.92 Å². The lowest BCUT2D eigenvalue weighted by molar-refractivity contribution is -0.192. The highest BCUT2D eigenvalue weighted by atomic mass is 19.4. The molecule has 6 nitrogen and oxygen atoms in total. The smallest absolute Gasteiger partial charge is 0.475 e. The van der Waals surface area contributed by atoms with E-state index < -0.39 is 12.1 Å². The average molecular weight is 267 g/mol. The molecule has 1 aromatic heterocycles. The summed E-state index contributed by atoms with van der Waals surface area (Å²) < 4.78 is 36.8. The minimum absolute atomic E-state index is 0.0151. The molecule has 0 aromatic carbocycles. The van der Waals surface area contributed by atoms with Crippen molar-refractivity contribution in [2.75, 3.05) is 7.05 Å². The van der Waals surface area contributed by atoms with Crippen molar-refractivity contribution in [1.29, 1.82) is 0 Å². The van der Waals surface area contributed by atoms with Crippen molar-refractivity contribution < 1.29 is 27.6 Å². The number of nitrogens with one attached hydrogen (secondary N) is 1. The second-order valence-electron chi connectivity index (χ2n) is 3.78. The number of nitrogens with zero attached hydrogens (tertiary/aromatic N) is 2. The zero-order valence-corrected chi connectivity index (χ0v) is 9.71. The van der Waals surface area contributed by atoms with E-state index in [1.807, 2.05) is 14.0 Å². The molecular formula is C9H12F3N3O3. The largest absolute Gasteiger partial charge is 0.490 e. The summed E-state index contributed by atoms with van der Waals surface area (Å²) in [7, 11) is 1.92. The van der Waals surface area contributed by atoms with E-state index >= 15 is 0 Å². The Morgan fingerprint density at radius 1 is 1.50 bits per heavy atom. The molecule has 0 radical (unpaired) electrons. The topological polar surface area (TPSA) is 88.3 Å². The molecule has 102 valence electrons. The Hall–Kier alpha value is -1.64. The van der Waals surface area contributed by atoms with Crippen LogP contribution in [0.2, 0.25) is 0 Å². The average Bonchev–Trinajstić information content (AvgIpc) is 2.95. The van der Waals surface area contributed by atoms with Crippen LogP contribution in [0.3, 0.4) is 0 Å². The van der Waals surface area contributed by atoms with E-state index in [2.05, 4.69) is 15.5 Å². The number of hydrogen-bond acceptors (Lipinski definition) is 5. The van der Waals surface area contributed by atoms with Gasteiger partial charge < -0.3 is 14.9 Å². The predicted molar refractivity (Wildman–Crippen MR) is 52.7 cm³/mol. The number of carboxylic acids is 1. The van der Waals surface area contributed by atoms with Gasteiger partial charge in [-0.2, -0.15) is 18.2 Å². The van der Waals surface area contributed by atoms with Gasteiger partial charge in [-0.05, 0) is 26.8 Å². The molecule has 1 fully saturated rings. The molecule has 2 N–H and O–H groups in total. The number of halogens is 3. The van der Waals surface area contributed by atoms with Crippen LogP contribution in [0.1, 0.15) is 24.6 Å². The zero-order valence-electron chi connectivity index (χ0n) is 9.71. The summed E-state index contributed by atoms with van der Waals surface area (Å²) in [6.07, 6.45) is -2.88. The molecule has 18 heavy (non-hydrogen) atoms. The van der Waals surface area contributed by atoms with Gasteiger partial charge in [-0.3, -0.25) is 0 Å². The Kier molecular flexibility index (Phi) is 3.95. The van der Waals surface area contributed by atoms with Gasteiger partial charge in [-0.25, -0.2) is 4.79 Å².